The van der Waals surface area contributed by atoms with E-state index in [1.165, 1.54) is 0 Å². The van der Waals surface area contributed by atoms with Gasteiger partial charge in [-0.25, -0.2) is 9.78 Å². The number of nitrogens with zero attached hydrogens (tertiary/aromatic N) is 3. The molecule has 1 aliphatic carbocycles. The Morgan fingerprint density at radius 2 is 2.17 bits per heavy atom. The van der Waals surface area contributed by atoms with E-state index in [4.69, 9.17) is 15.1 Å². The van der Waals surface area contributed by atoms with Crippen molar-refractivity contribution in [1.82, 2.24) is 10.3 Å². The number of nitriles is 1. The van der Waals surface area contributed by atoms with E-state index in [1.54, 1.807) is 6.20 Å². The van der Waals surface area contributed by atoms with E-state index in [1.807, 2.05) is 12.1 Å². The average molecular weight is 316 g/mol. The van der Waals surface area contributed by atoms with Gasteiger partial charge in [0.1, 0.15) is 6.10 Å². The van der Waals surface area contributed by atoms with E-state index in [9.17, 15) is 4.79 Å². The molecule has 0 aromatic carbocycles. The first-order chi connectivity index (χ1) is 11.2. The van der Waals surface area contributed by atoms with Crippen molar-refractivity contribution in [2.24, 2.45) is 5.92 Å². The smallest absolute Gasteiger partial charge is 0.404 e. The SMILES string of the molecule is N#CC1CCN(c2cccnc2OC2CC(NC(=O)O)C2)CC1. The fourth-order valence-corrected chi connectivity index (χ4v) is 3.08. The van der Waals surface area contributed by atoms with Crippen molar-refractivity contribution in [3.8, 4) is 11.9 Å². The number of nitrogens with one attached hydrogen (secondary N) is 1. The average Bonchev–Trinajstić information content (AvgIpc) is 2.53. The lowest BCUT2D eigenvalue weighted by Crippen LogP contribution is -2.48. The van der Waals surface area contributed by atoms with Crippen molar-refractivity contribution in [2.75, 3.05) is 18.0 Å². The summed E-state index contributed by atoms with van der Waals surface area (Å²) >= 11 is 0. The third kappa shape index (κ3) is 3.65. The Labute approximate surface area is 134 Å². The van der Waals surface area contributed by atoms with Crippen molar-refractivity contribution in [2.45, 2.75) is 37.8 Å². The van der Waals surface area contributed by atoms with E-state index in [0.29, 0.717) is 18.7 Å². The number of hydrogen-bond acceptors (Lipinski definition) is 5. The van der Waals surface area contributed by atoms with Gasteiger partial charge in [-0.2, -0.15) is 5.26 Å². The second-order valence-corrected chi connectivity index (χ2v) is 6.08. The molecule has 1 amide bonds. The molecule has 2 heterocycles. The van der Waals surface area contributed by atoms with Gasteiger partial charge in [-0.1, -0.05) is 0 Å². The Morgan fingerprint density at radius 1 is 1.43 bits per heavy atom. The lowest BCUT2D eigenvalue weighted by molar-refractivity contribution is 0.0796. The third-order valence-corrected chi connectivity index (χ3v) is 4.47. The maximum absolute atomic E-state index is 10.6. The Balaban J connectivity index is 1.59. The molecule has 2 fully saturated rings. The van der Waals surface area contributed by atoms with Gasteiger partial charge in [0.05, 0.1) is 11.8 Å². The normalized spacial score (nSPS) is 24.4. The van der Waals surface area contributed by atoms with Gasteiger partial charge in [-0.3, -0.25) is 0 Å². The summed E-state index contributed by atoms with van der Waals surface area (Å²) in [4.78, 5) is 17.1. The van der Waals surface area contributed by atoms with Crippen molar-refractivity contribution in [3.63, 3.8) is 0 Å². The van der Waals surface area contributed by atoms with Crippen LogP contribution >= 0.6 is 0 Å². The van der Waals surface area contributed by atoms with Crippen LogP contribution in [0.3, 0.4) is 0 Å². The van der Waals surface area contributed by atoms with E-state index < -0.39 is 6.09 Å². The van der Waals surface area contributed by atoms with Gasteiger partial charge in [-0.15, -0.1) is 0 Å². The maximum atomic E-state index is 10.6. The number of rotatable bonds is 4. The highest BCUT2D eigenvalue weighted by Crippen LogP contribution is 2.33. The van der Waals surface area contributed by atoms with Gasteiger partial charge in [-0.05, 0) is 25.0 Å². The zero-order valence-corrected chi connectivity index (χ0v) is 12.8. The summed E-state index contributed by atoms with van der Waals surface area (Å²) in [5.74, 6) is 0.739. The minimum atomic E-state index is -0.993. The van der Waals surface area contributed by atoms with Crippen molar-refractivity contribution < 1.29 is 14.6 Å². The summed E-state index contributed by atoms with van der Waals surface area (Å²) in [6, 6.07) is 6.17. The molecular weight excluding hydrogens is 296 g/mol. The number of anilines is 1. The quantitative estimate of drug-likeness (QED) is 0.881. The zero-order valence-electron chi connectivity index (χ0n) is 12.8. The molecule has 7 nitrogen and oxygen atoms in total. The van der Waals surface area contributed by atoms with Crippen LogP contribution in [-0.4, -0.2) is 41.4 Å². The first-order valence-corrected chi connectivity index (χ1v) is 7.91. The Morgan fingerprint density at radius 3 is 2.83 bits per heavy atom. The molecule has 1 aromatic heterocycles. The Kier molecular flexibility index (Phi) is 4.51. The van der Waals surface area contributed by atoms with Crippen molar-refractivity contribution in [3.05, 3.63) is 18.3 Å². The molecule has 0 unspecified atom stereocenters. The van der Waals surface area contributed by atoms with Gasteiger partial charge in [0.25, 0.3) is 0 Å². The van der Waals surface area contributed by atoms with Gasteiger partial charge in [0.15, 0.2) is 0 Å². The highest BCUT2D eigenvalue weighted by atomic mass is 16.5. The second-order valence-electron chi connectivity index (χ2n) is 6.08. The van der Waals surface area contributed by atoms with Crippen molar-refractivity contribution >= 4 is 11.8 Å². The number of carbonyl (C=O) groups is 1. The lowest BCUT2D eigenvalue weighted by atomic mass is 9.89. The van der Waals surface area contributed by atoms with Crippen LogP contribution in [0, 0.1) is 17.2 Å². The predicted octanol–water partition coefficient (Wildman–Crippen LogP) is 2.00. The number of piperidine rings is 1. The molecule has 2 aliphatic rings. The van der Waals surface area contributed by atoms with Crippen LogP contribution in [0.25, 0.3) is 0 Å². The molecule has 0 bridgehead atoms. The molecule has 23 heavy (non-hydrogen) atoms. The molecule has 1 saturated heterocycles. The van der Waals surface area contributed by atoms with Crippen LogP contribution in [0.1, 0.15) is 25.7 Å². The monoisotopic (exact) mass is 316 g/mol. The van der Waals surface area contributed by atoms with E-state index in [-0.39, 0.29) is 18.1 Å². The van der Waals surface area contributed by atoms with Crippen LogP contribution in [-0.2, 0) is 0 Å². The Hall–Kier alpha value is -2.49. The Bertz CT molecular complexity index is 602. The number of ether oxygens (including phenoxy) is 1. The minimum absolute atomic E-state index is 0.00264. The molecule has 0 spiro atoms. The van der Waals surface area contributed by atoms with E-state index in [2.05, 4.69) is 21.3 Å². The molecule has 1 aromatic rings. The molecular formula is C16H20N4O3. The molecule has 1 saturated carbocycles. The molecule has 0 radical (unpaired) electrons. The van der Waals surface area contributed by atoms with Gasteiger partial charge < -0.3 is 20.1 Å². The van der Waals surface area contributed by atoms with Crippen LogP contribution in [0.5, 0.6) is 5.88 Å². The number of hydrogen-bond donors (Lipinski definition) is 2. The molecule has 1 aliphatic heterocycles. The summed E-state index contributed by atoms with van der Waals surface area (Å²) in [5, 5.41) is 20.1. The van der Waals surface area contributed by atoms with Gasteiger partial charge in [0, 0.05) is 44.1 Å². The standard InChI is InChI=1S/C16H20N4O3/c17-10-11-3-6-20(7-4-11)14-2-1-5-18-15(14)23-13-8-12(9-13)19-16(21)22/h1-2,5,11-13,19H,3-4,6-9H2,(H,21,22). The van der Waals surface area contributed by atoms with Crippen LogP contribution < -0.4 is 15.0 Å². The molecule has 7 heteroatoms. The number of carboxylic acid groups (broad SMARTS) is 1. The fraction of sp³-hybridized carbons (Fsp3) is 0.562. The largest absolute Gasteiger partial charge is 0.473 e. The van der Waals surface area contributed by atoms with Crippen LogP contribution in [0.15, 0.2) is 18.3 Å². The summed E-state index contributed by atoms with van der Waals surface area (Å²) in [5.41, 5.74) is 0.957. The summed E-state index contributed by atoms with van der Waals surface area (Å²) in [6.45, 7) is 1.66. The minimum Gasteiger partial charge on any atom is -0.473 e. The third-order valence-electron chi connectivity index (χ3n) is 4.47. The van der Waals surface area contributed by atoms with Crippen molar-refractivity contribution in [1.29, 1.82) is 5.26 Å². The van der Waals surface area contributed by atoms with Crippen LogP contribution in [0.4, 0.5) is 10.5 Å². The highest BCUT2D eigenvalue weighted by molar-refractivity contribution is 5.65. The molecule has 122 valence electrons. The number of aromatic nitrogens is 1. The fourth-order valence-electron chi connectivity index (χ4n) is 3.08. The predicted molar refractivity (Wildman–Crippen MR) is 83.4 cm³/mol. The van der Waals surface area contributed by atoms with E-state index >= 15 is 0 Å². The van der Waals surface area contributed by atoms with Gasteiger partial charge >= 0.3 is 6.09 Å². The number of pyridine rings is 1. The first-order valence-electron chi connectivity index (χ1n) is 7.91. The van der Waals surface area contributed by atoms with E-state index in [0.717, 1.165) is 31.6 Å². The summed E-state index contributed by atoms with van der Waals surface area (Å²) in [7, 11) is 0. The molecule has 3 rings (SSSR count). The van der Waals surface area contributed by atoms with Crippen LogP contribution in [0.2, 0.25) is 0 Å². The van der Waals surface area contributed by atoms with Gasteiger partial charge in [0.2, 0.25) is 5.88 Å². The second kappa shape index (κ2) is 6.73. The zero-order chi connectivity index (χ0) is 16.2. The highest BCUT2D eigenvalue weighted by Gasteiger charge is 2.33. The number of amides is 1. The molecule has 0 atom stereocenters. The molecule has 2 N–H and O–H groups in total. The summed E-state index contributed by atoms with van der Waals surface area (Å²) in [6.07, 6.45) is 3.76. The maximum Gasteiger partial charge on any atom is 0.404 e. The topological polar surface area (TPSA) is 98.5 Å². The lowest BCUT2D eigenvalue weighted by Gasteiger charge is -2.36. The summed E-state index contributed by atoms with van der Waals surface area (Å²) < 4.78 is 5.95. The first kappa shape index (κ1) is 15.4.